The highest BCUT2D eigenvalue weighted by Crippen LogP contribution is 2.25. The van der Waals surface area contributed by atoms with Crippen LogP contribution in [0.15, 0.2) is 42.5 Å². The zero-order valence-corrected chi connectivity index (χ0v) is 11.4. The molecule has 1 aliphatic heterocycles. The second-order valence-electron chi connectivity index (χ2n) is 4.81. The minimum atomic E-state index is -0.383. The van der Waals surface area contributed by atoms with Crippen molar-refractivity contribution in [3.05, 3.63) is 70.3 Å². The molecule has 0 unspecified atom stereocenters. The molecule has 5 heteroatoms. The van der Waals surface area contributed by atoms with Gasteiger partial charge in [-0.3, -0.25) is 14.5 Å². The summed E-state index contributed by atoms with van der Waals surface area (Å²) in [6.45, 7) is -0.0231. The van der Waals surface area contributed by atoms with Crippen molar-refractivity contribution >= 4 is 11.8 Å². The predicted molar refractivity (Wildman–Crippen MR) is 76.5 cm³/mol. The Balaban J connectivity index is 2.00. The van der Waals surface area contributed by atoms with E-state index in [1.165, 1.54) is 6.07 Å². The Morgan fingerprint density at radius 1 is 0.864 bits per heavy atom. The van der Waals surface area contributed by atoms with Crippen molar-refractivity contribution in [2.75, 3.05) is 0 Å². The topological polar surface area (TPSA) is 85.0 Å². The van der Waals surface area contributed by atoms with Crippen molar-refractivity contribution in [2.45, 2.75) is 6.54 Å². The third-order valence-corrected chi connectivity index (χ3v) is 3.59. The molecule has 0 atom stereocenters. The molecule has 0 radical (unpaired) electrons. The summed E-state index contributed by atoms with van der Waals surface area (Å²) in [5.74, 6) is -0.765. The molecule has 5 nitrogen and oxygen atoms in total. The molecule has 0 saturated carbocycles. The molecule has 3 rings (SSSR count). The van der Waals surface area contributed by atoms with Gasteiger partial charge >= 0.3 is 0 Å². The van der Waals surface area contributed by atoms with Gasteiger partial charge in [-0.05, 0) is 23.8 Å². The fraction of sp³-hybridized carbons (Fsp3) is 0.0588. The highest BCUT2D eigenvalue weighted by molar-refractivity contribution is 6.21. The molecular formula is C17H9N3O2. The molecule has 1 aliphatic rings. The standard InChI is InChI=1S/C17H9N3O2/c18-8-11-4-3-5-12(15(11)9-19)10-20-16(21)13-6-1-2-7-14(13)17(20)22/h1-7H,10H2. The Hall–Kier alpha value is -3.44. The maximum absolute atomic E-state index is 12.3. The molecule has 0 aliphatic carbocycles. The number of carbonyl (C=O) groups is 2. The molecule has 2 aromatic carbocycles. The number of imide groups is 1. The SMILES string of the molecule is N#Cc1cccc(CN2C(=O)c3ccccc3C2=O)c1C#N. The fourth-order valence-corrected chi connectivity index (χ4v) is 2.51. The Morgan fingerprint density at radius 3 is 2.05 bits per heavy atom. The van der Waals surface area contributed by atoms with Crippen LogP contribution in [-0.2, 0) is 6.54 Å². The van der Waals surface area contributed by atoms with Crippen LogP contribution < -0.4 is 0 Å². The lowest BCUT2D eigenvalue weighted by Gasteiger charge is -2.15. The zero-order valence-electron chi connectivity index (χ0n) is 11.4. The molecule has 22 heavy (non-hydrogen) atoms. The number of amides is 2. The van der Waals surface area contributed by atoms with Crippen LogP contribution in [0.1, 0.15) is 37.4 Å². The number of hydrogen-bond donors (Lipinski definition) is 0. The molecule has 104 valence electrons. The van der Waals surface area contributed by atoms with Crippen LogP contribution >= 0.6 is 0 Å². The van der Waals surface area contributed by atoms with E-state index < -0.39 is 0 Å². The number of benzene rings is 2. The normalized spacial score (nSPS) is 12.7. The van der Waals surface area contributed by atoms with Gasteiger partial charge in [-0.1, -0.05) is 24.3 Å². The number of nitriles is 2. The molecule has 0 aromatic heterocycles. The van der Waals surface area contributed by atoms with Crippen molar-refractivity contribution in [1.29, 1.82) is 10.5 Å². The molecule has 1 heterocycles. The lowest BCUT2D eigenvalue weighted by atomic mass is 10.0. The van der Waals surface area contributed by atoms with Gasteiger partial charge in [0.1, 0.15) is 12.1 Å². The van der Waals surface area contributed by atoms with E-state index in [0.717, 1.165) is 4.90 Å². The van der Waals surface area contributed by atoms with Gasteiger partial charge in [0.25, 0.3) is 11.8 Å². The van der Waals surface area contributed by atoms with Crippen molar-refractivity contribution in [2.24, 2.45) is 0 Å². The van der Waals surface area contributed by atoms with Crippen LogP contribution in [-0.4, -0.2) is 16.7 Å². The monoisotopic (exact) mass is 287 g/mol. The summed E-state index contributed by atoms with van der Waals surface area (Å²) in [5.41, 5.74) is 1.64. The molecule has 0 spiro atoms. The molecule has 2 aromatic rings. The van der Waals surface area contributed by atoms with E-state index >= 15 is 0 Å². The maximum Gasteiger partial charge on any atom is 0.261 e. The molecule has 0 saturated heterocycles. The highest BCUT2D eigenvalue weighted by atomic mass is 16.2. The summed E-state index contributed by atoms with van der Waals surface area (Å²) < 4.78 is 0. The molecule has 2 amide bonds. The van der Waals surface area contributed by atoms with Gasteiger partial charge in [-0.2, -0.15) is 10.5 Å². The van der Waals surface area contributed by atoms with E-state index in [-0.39, 0.29) is 29.5 Å². The van der Waals surface area contributed by atoms with Gasteiger partial charge in [0, 0.05) is 0 Å². The summed E-state index contributed by atoms with van der Waals surface area (Å²) in [6, 6.07) is 15.3. The summed E-state index contributed by atoms with van der Waals surface area (Å²) in [6.07, 6.45) is 0. The second kappa shape index (κ2) is 5.16. The van der Waals surface area contributed by atoms with E-state index in [0.29, 0.717) is 16.7 Å². The highest BCUT2D eigenvalue weighted by Gasteiger charge is 2.35. The van der Waals surface area contributed by atoms with Crippen molar-refractivity contribution in [3.8, 4) is 12.1 Å². The number of fused-ring (bicyclic) bond motifs is 1. The van der Waals surface area contributed by atoms with E-state index in [1.54, 1.807) is 36.4 Å². The second-order valence-corrected chi connectivity index (χ2v) is 4.81. The zero-order chi connectivity index (χ0) is 15.7. The number of nitrogens with zero attached hydrogens (tertiary/aromatic N) is 3. The Morgan fingerprint density at radius 2 is 1.50 bits per heavy atom. The van der Waals surface area contributed by atoms with Crippen LogP contribution in [0.4, 0.5) is 0 Å². The third kappa shape index (κ3) is 1.93. The van der Waals surface area contributed by atoms with Crippen LogP contribution in [0.3, 0.4) is 0 Å². The van der Waals surface area contributed by atoms with Gasteiger partial charge in [-0.25, -0.2) is 0 Å². The van der Waals surface area contributed by atoms with E-state index in [2.05, 4.69) is 0 Å². The molecule has 0 fully saturated rings. The lowest BCUT2D eigenvalue weighted by Crippen LogP contribution is -2.29. The summed E-state index contributed by atoms with van der Waals surface area (Å²) in [5, 5.41) is 18.3. The van der Waals surface area contributed by atoms with Crippen LogP contribution in [0.2, 0.25) is 0 Å². The van der Waals surface area contributed by atoms with Gasteiger partial charge in [0.05, 0.1) is 28.8 Å². The van der Waals surface area contributed by atoms with Gasteiger partial charge in [0.2, 0.25) is 0 Å². The largest absolute Gasteiger partial charge is 0.270 e. The Labute approximate surface area is 126 Å². The van der Waals surface area contributed by atoms with Gasteiger partial charge in [0.15, 0.2) is 0 Å². The molecule has 0 bridgehead atoms. The molecule has 0 N–H and O–H groups in total. The van der Waals surface area contributed by atoms with Crippen LogP contribution in [0, 0.1) is 22.7 Å². The van der Waals surface area contributed by atoms with Crippen LogP contribution in [0.25, 0.3) is 0 Å². The number of rotatable bonds is 2. The van der Waals surface area contributed by atoms with Gasteiger partial charge < -0.3 is 0 Å². The van der Waals surface area contributed by atoms with Gasteiger partial charge in [-0.15, -0.1) is 0 Å². The average molecular weight is 287 g/mol. The maximum atomic E-state index is 12.3. The van der Waals surface area contributed by atoms with Crippen molar-refractivity contribution < 1.29 is 9.59 Å². The van der Waals surface area contributed by atoms with E-state index in [9.17, 15) is 14.9 Å². The average Bonchev–Trinajstić information content (AvgIpc) is 2.80. The quantitative estimate of drug-likeness (QED) is 0.793. The van der Waals surface area contributed by atoms with Crippen molar-refractivity contribution in [3.63, 3.8) is 0 Å². The summed E-state index contributed by atoms with van der Waals surface area (Å²) >= 11 is 0. The van der Waals surface area contributed by atoms with Crippen molar-refractivity contribution in [1.82, 2.24) is 4.90 Å². The van der Waals surface area contributed by atoms with E-state index in [1.807, 2.05) is 12.1 Å². The number of hydrogen-bond acceptors (Lipinski definition) is 4. The fourth-order valence-electron chi connectivity index (χ4n) is 2.51. The Kier molecular flexibility index (Phi) is 3.17. The first-order chi connectivity index (χ1) is 10.7. The third-order valence-electron chi connectivity index (χ3n) is 3.59. The summed E-state index contributed by atoms with van der Waals surface area (Å²) in [4.78, 5) is 25.7. The minimum Gasteiger partial charge on any atom is -0.270 e. The Bertz CT molecular complexity index is 853. The first-order valence-electron chi connectivity index (χ1n) is 6.54. The molecular weight excluding hydrogens is 278 g/mol. The van der Waals surface area contributed by atoms with Crippen LogP contribution in [0.5, 0.6) is 0 Å². The first kappa shape index (κ1) is 13.5. The summed E-state index contributed by atoms with van der Waals surface area (Å²) in [7, 11) is 0. The van der Waals surface area contributed by atoms with E-state index in [4.69, 9.17) is 5.26 Å². The predicted octanol–water partition coefficient (Wildman–Crippen LogP) is 2.23. The lowest BCUT2D eigenvalue weighted by molar-refractivity contribution is 0.0642. The smallest absolute Gasteiger partial charge is 0.261 e. The first-order valence-corrected chi connectivity index (χ1v) is 6.54. The number of carbonyl (C=O) groups excluding carboxylic acids is 2. The minimum absolute atomic E-state index is 0.0231.